The van der Waals surface area contributed by atoms with Crippen molar-refractivity contribution in [2.45, 2.75) is 58.9 Å². The first-order chi connectivity index (χ1) is 9.63. The van der Waals surface area contributed by atoms with Gasteiger partial charge in [-0.3, -0.25) is 0 Å². The summed E-state index contributed by atoms with van der Waals surface area (Å²) < 4.78 is 0. The molecule has 1 atom stereocenters. The first kappa shape index (κ1) is 15.4. The van der Waals surface area contributed by atoms with E-state index in [1.165, 1.54) is 49.2 Å². The van der Waals surface area contributed by atoms with Crippen molar-refractivity contribution >= 4 is 5.69 Å². The van der Waals surface area contributed by atoms with E-state index in [1.54, 1.807) is 0 Å². The van der Waals surface area contributed by atoms with Gasteiger partial charge in [-0.15, -0.1) is 0 Å². The van der Waals surface area contributed by atoms with Crippen LogP contribution >= 0.6 is 0 Å². The Balaban J connectivity index is 2.02. The number of rotatable bonds is 5. The van der Waals surface area contributed by atoms with Crippen LogP contribution in [0, 0.1) is 12.8 Å². The van der Waals surface area contributed by atoms with E-state index in [-0.39, 0.29) is 0 Å². The van der Waals surface area contributed by atoms with Crippen LogP contribution in [0.15, 0.2) is 18.2 Å². The topological polar surface area (TPSA) is 29.3 Å². The van der Waals surface area contributed by atoms with Crippen LogP contribution in [0.2, 0.25) is 0 Å². The first-order valence-electron chi connectivity index (χ1n) is 8.24. The van der Waals surface area contributed by atoms with Gasteiger partial charge in [0.15, 0.2) is 0 Å². The van der Waals surface area contributed by atoms with Crippen LogP contribution < -0.4 is 10.6 Å². The van der Waals surface area contributed by atoms with Gasteiger partial charge in [-0.05, 0) is 61.8 Å². The third-order valence-corrected chi connectivity index (χ3v) is 4.89. The number of anilines is 1. The van der Waals surface area contributed by atoms with E-state index in [1.807, 2.05) is 0 Å². The second-order valence-electron chi connectivity index (χ2n) is 6.32. The molecule has 2 heteroatoms. The van der Waals surface area contributed by atoms with Crippen molar-refractivity contribution in [3.05, 3.63) is 29.3 Å². The van der Waals surface area contributed by atoms with Gasteiger partial charge in [-0.1, -0.05) is 26.3 Å². The highest BCUT2D eigenvalue weighted by atomic mass is 15.1. The van der Waals surface area contributed by atoms with Gasteiger partial charge in [0.2, 0.25) is 0 Å². The molecule has 1 saturated heterocycles. The summed E-state index contributed by atoms with van der Waals surface area (Å²) in [5.74, 6) is 0.939. The Morgan fingerprint density at radius 1 is 1.25 bits per heavy atom. The fraction of sp³-hybridized carbons (Fsp3) is 0.667. The molecule has 0 bridgehead atoms. The average Bonchev–Trinajstić information content (AvgIpc) is 2.49. The van der Waals surface area contributed by atoms with E-state index >= 15 is 0 Å². The Labute approximate surface area is 124 Å². The van der Waals surface area contributed by atoms with Gasteiger partial charge in [-0.25, -0.2) is 0 Å². The molecule has 2 rings (SSSR count). The molecule has 0 spiro atoms. The van der Waals surface area contributed by atoms with Gasteiger partial charge < -0.3 is 10.6 Å². The zero-order chi connectivity index (χ0) is 14.5. The van der Waals surface area contributed by atoms with Gasteiger partial charge >= 0.3 is 0 Å². The molecular formula is C18H30N2. The van der Waals surface area contributed by atoms with Crippen molar-refractivity contribution in [1.82, 2.24) is 0 Å². The highest BCUT2D eigenvalue weighted by Gasteiger charge is 2.18. The lowest BCUT2D eigenvalue weighted by Gasteiger charge is -2.33. The van der Waals surface area contributed by atoms with Crippen LogP contribution in [0.1, 0.15) is 50.7 Å². The minimum absolute atomic E-state index is 0.292. The molecule has 0 saturated carbocycles. The third kappa shape index (κ3) is 3.76. The highest BCUT2D eigenvalue weighted by Crippen LogP contribution is 2.26. The standard InChI is InChI=1S/C18H30N2/c1-4-15-8-10-20(11-9-15)18-7-6-16(14(3)12-18)13-17(19)5-2/h6-7,12,15,17H,4-5,8-11,13,19H2,1-3H3. The van der Waals surface area contributed by atoms with E-state index in [2.05, 4.69) is 43.9 Å². The average molecular weight is 274 g/mol. The van der Waals surface area contributed by atoms with Crippen LogP contribution in [0.4, 0.5) is 5.69 Å². The fourth-order valence-electron chi connectivity index (χ4n) is 3.13. The number of hydrogen-bond donors (Lipinski definition) is 1. The van der Waals surface area contributed by atoms with Gasteiger partial charge in [0.05, 0.1) is 0 Å². The van der Waals surface area contributed by atoms with Gasteiger partial charge in [0.1, 0.15) is 0 Å². The van der Waals surface area contributed by atoms with Crippen LogP contribution in [0.25, 0.3) is 0 Å². The summed E-state index contributed by atoms with van der Waals surface area (Å²) in [6.07, 6.45) is 6.07. The summed E-state index contributed by atoms with van der Waals surface area (Å²) in [4.78, 5) is 2.54. The molecule has 0 aliphatic carbocycles. The van der Waals surface area contributed by atoms with Crippen LogP contribution in [0.5, 0.6) is 0 Å². The molecule has 112 valence electrons. The maximum atomic E-state index is 6.07. The monoisotopic (exact) mass is 274 g/mol. The largest absolute Gasteiger partial charge is 0.372 e. The highest BCUT2D eigenvalue weighted by molar-refractivity contribution is 5.51. The van der Waals surface area contributed by atoms with Crippen molar-refractivity contribution in [3.63, 3.8) is 0 Å². The predicted octanol–water partition coefficient (Wildman–Crippen LogP) is 3.90. The molecule has 1 unspecified atom stereocenters. The summed E-state index contributed by atoms with van der Waals surface area (Å²) in [5.41, 5.74) is 10.3. The lowest BCUT2D eigenvalue weighted by atomic mass is 9.93. The zero-order valence-corrected chi connectivity index (χ0v) is 13.4. The van der Waals surface area contributed by atoms with Crippen molar-refractivity contribution < 1.29 is 0 Å². The maximum Gasteiger partial charge on any atom is 0.0369 e. The number of nitrogens with zero attached hydrogens (tertiary/aromatic N) is 1. The number of benzene rings is 1. The van der Waals surface area contributed by atoms with Crippen molar-refractivity contribution in [1.29, 1.82) is 0 Å². The number of nitrogens with two attached hydrogens (primary N) is 1. The molecule has 0 radical (unpaired) electrons. The van der Waals surface area contributed by atoms with Crippen LogP contribution in [-0.4, -0.2) is 19.1 Å². The molecule has 2 N–H and O–H groups in total. The normalized spacial score (nSPS) is 18.3. The van der Waals surface area contributed by atoms with Crippen molar-refractivity contribution in [2.24, 2.45) is 11.7 Å². The van der Waals surface area contributed by atoms with Crippen molar-refractivity contribution in [2.75, 3.05) is 18.0 Å². The SMILES string of the molecule is CCC(N)Cc1ccc(N2CCC(CC)CC2)cc1C. The van der Waals surface area contributed by atoms with Gasteiger partial charge in [-0.2, -0.15) is 0 Å². The molecule has 1 fully saturated rings. The van der Waals surface area contributed by atoms with Gasteiger partial charge in [0, 0.05) is 24.8 Å². The Kier molecular flexibility index (Phi) is 5.47. The molecular weight excluding hydrogens is 244 g/mol. The minimum Gasteiger partial charge on any atom is -0.372 e. The first-order valence-corrected chi connectivity index (χ1v) is 8.24. The lowest BCUT2D eigenvalue weighted by Crippen LogP contribution is -2.33. The molecule has 1 aromatic carbocycles. The molecule has 20 heavy (non-hydrogen) atoms. The summed E-state index contributed by atoms with van der Waals surface area (Å²) in [5, 5.41) is 0. The summed E-state index contributed by atoms with van der Waals surface area (Å²) >= 11 is 0. The summed E-state index contributed by atoms with van der Waals surface area (Å²) in [7, 11) is 0. The fourth-order valence-corrected chi connectivity index (χ4v) is 3.13. The number of hydrogen-bond acceptors (Lipinski definition) is 2. The lowest BCUT2D eigenvalue weighted by molar-refractivity contribution is 0.395. The molecule has 1 heterocycles. The number of piperidine rings is 1. The molecule has 1 aliphatic rings. The molecule has 0 aromatic heterocycles. The second-order valence-corrected chi connectivity index (χ2v) is 6.32. The molecule has 1 aliphatic heterocycles. The molecule has 2 nitrogen and oxygen atoms in total. The maximum absolute atomic E-state index is 6.07. The Morgan fingerprint density at radius 2 is 1.95 bits per heavy atom. The smallest absolute Gasteiger partial charge is 0.0369 e. The van der Waals surface area contributed by atoms with Crippen LogP contribution in [0.3, 0.4) is 0 Å². The predicted molar refractivity (Wildman–Crippen MR) is 88.4 cm³/mol. The van der Waals surface area contributed by atoms with E-state index in [0.717, 1.165) is 18.8 Å². The van der Waals surface area contributed by atoms with Gasteiger partial charge in [0.25, 0.3) is 0 Å². The van der Waals surface area contributed by atoms with Crippen molar-refractivity contribution in [3.8, 4) is 0 Å². The molecule has 1 aromatic rings. The Bertz CT molecular complexity index is 419. The van der Waals surface area contributed by atoms with E-state index in [9.17, 15) is 0 Å². The number of aryl methyl sites for hydroxylation is 1. The van der Waals surface area contributed by atoms with E-state index in [4.69, 9.17) is 5.73 Å². The van der Waals surface area contributed by atoms with E-state index in [0.29, 0.717) is 6.04 Å². The third-order valence-electron chi connectivity index (χ3n) is 4.89. The van der Waals surface area contributed by atoms with E-state index < -0.39 is 0 Å². The van der Waals surface area contributed by atoms with Crippen LogP contribution in [-0.2, 0) is 6.42 Å². The Hall–Kier alpha value is -1.02. The quantitative estimate of drug-likeness (QED) is 0.882. The zero-order valence-electron chi connectivity index (χ0n) is 13.4. The summed E-state index contributed by atoms with van der Waals surface area (Å²) in [6.45, 7) is 9.13. The summed E-state index contributed by atoms with van der Waals surface area (Å²) in [6, 6.07) is 7.22. The minimum atomic E-state index is 0.292. The Morgan fingerprint density at radius 3 is 2.50 bits per heavy atom. The molecule has 0 amide bonds. The second kappa shape index (κ2) is 7.12.